The smallest absolute Gasteiger partial charge is 0.325 e. The van der Waals surface area contributed by atoms with E-state index in [-0.39, 0.29) is 21.7 Å². The van der Waals surface area contributed by atoms with Crippen molar-refractivity contribution < 1.29 is 23.2 Å². The van der Waals surface area contributed by atoms with Gasteiger partial charge >= 0.3 is 11.0 Å². The Kier molecular flexibility index (Phi) is 5.81. The molecule has 10 heteroatoms. The fourth-order valence-corrected chi connectivity index (χ4v) is 3.91. The second-order valence-corrected chi connectivity index (χ2v) is 7.92. The maximum absolute atomic E-state index is 12.0. The third kappa shape index (κ3) is 5.06. The number of nitrogens with zero attached hydrogens (tertiary/aromatic N) is 1. The van der Waals surface area contributed by atoms with E-state index in [9.17, 15) is 23.3 Å². The van der Waals surface area contributed by atoms with Crippen molar-refractivity contribution in [3.8, 4) is 0 Å². The van der Waals surface area contributed by atoms with Gasteiger partial charge in [-0.15, -0.1) is 0 Å². The van der Waals surface area contributed by atoms with Crippen molar-refractivity contribution in [2.24, 2.45) is 11.8 Å². The summed E-state index contributed by atoms with van der Waals surface area (Å²) in [5.41, 5.74) is 0. The molecule has 1 heterocycles. The van der Waals surface area contributed by atoms with Crippen LogP contribution in [0.5, 0.6) is 0 Å². The molecule has 0 spiro atoms. The third-order valence-corrected chi connectivity index (χ3v) is 5.59. The summed E-state index contributed by atoms with van der Waals surface area (Å²) >= 11 is 0.525. The van der Waals surface area contributed by atoms with Gasteiger partial charge in [-0.1, -0.05) is 13.8 Å². The number of carboxylic acids is 1. The SMILES string of the molecule is CC(C)CC(CNS(=O)(=O)c1ccc([N+](=O)[O-])s1)C(=O)O. The fourth-order valence-electron chi connectivity index (χ4n) is 1.67. The van der Waals surface area contributed by atoms with Crippen molar-refractivity contribution in [2.45, 2.75) is 24.5 Å². The first-order valence-electron chi connectivity index (χ1n) is 6.10. The van der Waals surface area contributed by atoms with Crippen LogP contribution in [0.2, 0.25) is 0 Å². The topological polar surface area (TPSA) is 127 Å². The van der Waals surface area contributed by atoms with Crippen molar-refractivity contribution in [2.75, 3.05) is 6.54 Å². The van der Waals surface area contributed by atoms with Crippen LogP contribution in [0.15, 0.2) is 16.3 Å². The highest BCUT2D eigenvalue weighted by Gasteiger charge is 2.25. The monoisotopic (exact) mass is 336 g/mol. The summed E-state index contributed by atoms with van der Waals surface area (Å²) in [6.07, 6.45) is 0.336. The molecule has 118 valence electrons. The van der Waals surface area contributed by atoms with Crippen LogP contribution >= 0.6 is 11.3 Å². The zero-order valence-corrected chi connectivity index (χ0v) is 13.1. The second kappa shape index (κ2) is 6.96. The van der Waals surface area contributed by atoms with Gasteiger partial charge in [-0.3, -0.25) is 14.9 Å². The van der Waals surface area contributed by atoms with E-state index in [1.807, 2.05) is 13.8 Å². The largest absolute Gasteiger partial charge is 0.481 e. The molecule has 2 N–H and O–H groups in total. The van der Waals surface area contributed by atoms with Crippen molar-refractivity contribution in [3.63, 3.8) is 0 Å². The molecule has 0 bridgehead atoms. The molecule has 1 unspecified atom stereocenters. The number of carboxylic acid groups (broad SMARTS) is 1. The molecule has 1 aromatic rings. The number of nitrogens with one attached hydrogen (secondary N) is 1. The minimum Gasteiger partial charge on any atom is -0.481 e. The molecule has 1 atom stereocenters. The Morgan fingerprint density at radius 3 is 2.52 bits per heavy atom. The molecular weight excluding hydrogens is 320 g/mol. The first kappa shape index (κ1) is 17.5. The summed E-state index contributed by atoms with van der Waals surface area (Å²) in [7, 11) is -3.94. The van der Waals surface area contributed by atoms with Gasteiger partial charge < -0.3 is 5.11 Å². The van der Waals surface area contributed by atoms with Gasteiger partial charge in [0.1, 0.15) is 4.21 Å². The lowest BCUT2D eigenvalue weighted by Crippen LogP contribution is -2.33. The Labute approximate surface area is 126 Å². The van der Waals surface area contributed by atoms with Crippen molar-refractivity contribution in [1.29, 1.82) is 0 Å². The summed E-state index contributed by atoms with van der Waals surface area (Å²) in [5.74, 6) is -1.81. The summed E-state index contributed by atoms with van der Waals surface area (Å²) in [5, 5.41) is 19.3. The highest BCUT2D eigenvalue weighted by molar-refractivity contribution is 7.91. The minimum atomic E-state index is -3.94. The Balaban J connectivity index is 2.79. The predicted molar refractivity (Wildman–Crippen MR) is 76.7 cm³/mol. The fraction of sp³-hybridized carbons (Fsp3) is 0.545. The number of nitro groups is 1. The van der Waals surface area contributed by atoms with E-state index >= 15 is 0 Å². The lowest BCUT2D eigenvalue weighted by atomic mass is 9.98. The molecule has 8 nitrogen and oxygen atoms in total. The standard InChI is InChI=1S/C11H16N2O6S2/c1-7(2)5-8(11(14)15)6-12-21(18,19)10-4-3-9(20-10)13(16)17/h3-4,7-8,12H,5-6H2,1-2H3,(H,14,15). The third-order valence-electron chi connectivity index (χ3n) is 2.64. The summed E-state index contributed by atoms with van der Waals surface area (Å²) < 4.78 is 25.9. The quantitative estimate of drug-likeness (QED) is 0.549. The van der Waals surface area contributed by atoms with Crippen molar-refractivity contribution >= 4 is 32.3 Å². The van der Waals surface area contributed by atoms with E-state index < -0.39 is 26.8 Å². The molecule has 0 radical (unpaired) electrons. The Morgan fingerprint density at radius 1 is 1.48 bits per heavy atom. The molecule has 0 aromatic carbocycles. The Morgan fingerprint density at radius 2 is 2.10 bits per heavy atom. The lowest BCUT2D eigenvalue weighted by Gasteiger charge is -2.15. The van der Waals surface area contributed by atoms with Crippen LogP contribution in [-0.4, -0.2) is 31.0 Å². The van der Waals surface area contributed by atoms with Crippen molar-refractivity contribution in [3.05, 3.63) is 22.2 Å². The lowest BCUT2D eigenvalue weighted by molar-refractivity contribution is -0.380. The molecule has 1 aromatic heterocycles. The van der Waals surface area contributed by atoms with Crippen LogP contribution in [0.4, 0.5) is 5.00 Å². The Bertz CT molecular complexity index is 622. The number of rotatable bonds is 8. The van der Waals surface area contributed by atoms with Gasteiger partial charge in [-0.25, -0.2) is 13.1 Å². The molecule has 0 saturated heterocycles. The van der Waals surface area contributed by atoms with Gasteiger partial charge in [-0.2, -0.15) is 0 Å². The first-order valence-corrected chi connectivity index (χ1v) is 8.40. The van der Waals surface area contributed by atoms with Gasteiger partial charge in [0.05, 0.1) is 10.8 Å². The average Bonchev–Trinajstić information content (AvgIpc) is 2.84. The summed E-state index contributed by atoms with van der Waals surface area (Å²) in [6.45, 7) is 3.43. The molecule has 0 aliphatic rings. The summed E-state index contributed by atoms with van der Waals surface area (Å²) in [6, 6.07) is 2.23. The Hall–Kier alpha value is -1.52. The zero-order valence-electron chi connectivity index (χ0n) is 11.5. The number of hydrogen-bond donors (Lipinski definition) is 2. The van der Waals surface area contributed by atoms with E-state index in [2.05, 4.69) is 4.72 Å². The van der Waals surface area contributed by atoms with E-state index in [1.165, 1.54) is 0 Å². The maximum atomic E-state index is 12.0. The minimum absolute atomic E-state index is 0.110. The van der Waals surface area contributed by atoms with Crippen LogP contribution in [0.1, 0.15) is 20.3 Å². The average molecular weight is 336 g/mol. The molecular formula is C11H16N2O6S2. The predicted octanol–water partition coefficient (Wildman–Crippen LogP) is 1.68. The van der Waals surface area contributed by atoms with Crippen LogP contribution < -0.4 is 4.72 Å². The molecule has 0 aliphatic heterocycles. The highest BCUT2D eigenvalue weighted by Crippen LogP contribution is 2.27. The normalized spacial score (nSPS) is 13.3. The highest BCUT2D eigenvalue weighted by atomic mass is 32.2. The van der Waals surface area contributed by atoms with Gasteiger partial charge in [0.15, 0.2) is 0 Å². The molecule has 0 saturated carbocycles. The van der Waals surface area contributed by atoms with E-state index in [0.717, 1.165) is 12.1 Å². The van der Waals surface area contributed by atoms with Gasteiger partial charge in [0.2, 0.25) is 10.0 Å². The molecule has 0 amide bonds. The second-order valence-electron chi connectivity index (χ2n) is 4.87. The first-order chi connectivity index (χ1) is 9.63. The van der Waals surface area contributed by atoms with Crippen LogP contribution in [-0.2, 0) is 14.8 Å². The van der Waals surface area contributed by atoms with Gasteiger partial charge in [0, 0.05) is 12.6 Å². The zero-order chi connectivity index (χ0) is 16.2. The van der Waals surface area contributed by atoms with Crippen LogP contribution in [0.3, 0.4) is 0 Å². The molecule has 0 aliphatic carbocycles. The number of sulfonamides is 1. The van der Waals surface area contributed by atoms with E-state index in [0.29, 0.717) is 17.8 Å². The van der Waals surface area contributed by atoms with Crippen molar-refractivity contribution in [1.82, 2.24) is 4.72 Å². The van der Waals surface area contributed by atoms with Crippen LogP contribution in [0.25, 0.3) is 0 Å². The molecule has 0 fully saturated rings. The van der Waals surface area contributed by atoms with Gasteiger partial charge in [-0.05, 0) is 29.7 Å². The maximum Gasteiger partial charge on any atom is 0.325 e. The van der Waals surface area contributed by atoms with Crippen LogP contribution in [0, 0.1) is 22.0 Å². The molecule has 1 rings (SSSR count). The van der Waals surface area contributed by atoms with Gasteiger partial charge in [0.25, 0.3) is 0 Å². The number of thiophene rings is 1. The van der Waals surface area contributed by atoms with E-state index in [1.54, 1.807) is 0 Å². The summed E-state index contributed by atoms with van der Waals surface area (Å²) in [4.78, 5) is 20.9. The number of hydrogen-bond acceptors (Lipinski definition) is 6. The molecule has 21 heavy (non-hydrogen) atoms. The number of aliphatic carboxylic acids is 1. The van der Waals surface area contributed by atoms with E-state index in [4.69, 9.17) is 5.11 Å². The number of carbonyl (C=O) groups is 1.